The van der Waals surface area contributed by atoms with Crippen molar-refractivity contribution in [2.75, 3.05) is 6.79 Å². The first-order chi connectivity index (χ1) is 13.6. The van der Waals surface area contributed by atoms with E-state index in [0.717, 1.165) is 0 Å². The number of fused-ring (bicyclic) bond motifs is 1. The Kier molecular flexibility index (Phi) is 5.59. The lowest BCUT2D eigenvalue weighted by Gasteiger charge is -2.48. The molecule has 156 valence electrons. The minimum absolute atomic E-state index is 0.0437. The fraction of sp³-hybridized carbons (Fsp3) is 0.474. The van der Waals surface area contributed by atoms with Crippen molar-refractivity contribution in [1.82, 2.24) is 10.2 Å². The third-order valence-corrected chi connectivity index (χ3v) is 6.37. The third-order valence-electron chi connectivity index (χ3n) is 4.84. The number of nitrogens with two attached hydrogens (primary N) is 1. The van der Waals surface area contributed by atoms with E-state index in [4.69, 9.17) is 10.5 Å². The van der Waals surface area contributed by atoms with E-state index in [9.17, 15) is 19.2 Å². The van der Waals surface area contributed by atoms with Crippen LogP contribution < -0.4 is 11.1 Å². The van der Waals surface area contributed by atoms with E-state index in [1.165, 1.54) is 23.6 Å². The molecule has 3 rings (SSSR count). The molecule has 2 heterocycles. The molecular formula is C19H23N3O6S. The van der Waals surface area contributed by atoms with Crippen molar-refractivity contribution < 1.29 is 28.7 Å². The summed E-state index contributed by atoms with van der Waals surface area (Å²) in [6.45, 7) is 4.22. The second kappa shape index (κ2) is 7.68. The standard InChI is InChI=1S/C19H23N3O6S/c1-11(23)27-10-28-17(26)15-18(2,3)29-19(9-13(24)22(15)19)21-16(25)14(20)12-7-5-4-6-8-12/h4-8,14-15H,9-10,20H2,1-3H3,(H,21,25)/t14-,15+,19+/m1/s1. The number of thioether (sulfide) groups is 1. The highest BCUT2D eigenvalue weighted by atomic mass is 32.2. The molecule has 0 bridgehead atoms. The summed E-state index contributed by atoms with van der Waals surface area (Å²) >= 11 is 1.29. The monoisotopic (exact) mass is 421 g/mol. The molecular weight excluding hydrogens is 398 g/mol. The van der Waals surface area contributed by atoms with E-state index >= 15 is 0 Å². The van der Waals surface area contributed by atoms with Crippen LogP contribution in [0.25, 0.3) is 0 Å². The SMILES string of the molecule is CC(=O)OCOC(=O)[C@@H]1N2C(=O)C[C@@]2(NC(=O)[C@H](N)c2ccccc2)SC1(C)C. The fourth-order valence-electron chi connectivity index (χ4n) is 3.58. The number of esters is 2. The van der Waals surface area contributed by atoms with Crippen LogP contribution in [0.15, 0.2) is 30.3 Å². The van der Waals surface area contributed by atoms with Crippen LogP contribution in [0.1, 0.15) is 38.8 Å². The Hall–Kier alpha value is -2.59. The van der Waals surface area contributed by atoms with Gasteiger partial charge in [-0.25, -0.2) is 4.79 Å². The molecule has 2 aliphatic rings. The average molecular weight is 421 g/mol. The van der Waals surface area contributed by atoms with Crippen molar-refractivity contribution in [3.05, 3.63) is 35.9 Å². The number of hydrogen-bond acceptors (Lipinski definition) is 8. The van der Waals surface area contributed by atoms with Crippen LogP contribution in [0.2, 0.25) is 0 Å². The van der Waals surface area contributed by atoms with Gasteiger partial charge >= 0.3 is 11.9 Å². The molecule has 0 spiro atoms. The molecule has 2 amide bonds. The molecule has 1 aromatic carbocycles. The van der Waals surface area contributed by atoms with E-state index in [2.05, 4.69) is 10.1 Å². The molecule has 9 nitrogen and oxygen atoms in total. The Balaban J connectivity index is 1.76. The van der Waals surface area contributed by atoms with Crippen LogP contribution in [0, 0.1) is 0 Å². The highest BCUT2D eigenvalue weighted by molar-refractivity contribution is 8.02. The summed E-state index contributed by atoms with van der Waals surface area (Å²) in [5.74, 6) is -2.04. The average Bonchev–Trinajstić information content (AvgIpc) is 2.83. The molecule has 0 aliphatic carbocycles. The van der Waals surface area contributed by atoms with Gasteiger partial charge in [0.1, 0.15) is 12.1 Å². The second-order valence-corrected chi connectivity index (χ2v) is 9.36. The van der Waals surface area contributed by atoms with E-state index in [-0.39, 0.29) is 12.3 Å². The predicted molar refractivity (Wildman–Crippen MR) is 104 cm³/mol. The zero-order chi connectivity index (χ0) is 21.4. The topological polar surface area (TPSA) is 128 Å². The summed E-state index contributed by atoms with van der Waals surface area (Å²) in [6.07, 6.45) is 0.0437. The Morgan fingerprint density at radius 1 is 1.28 bits per heavy atom. The Morgan fingerprint density at radius 2 is 1.93 bits per heavy atom. The molecule has 0 saturated carbocycles. The van der Waals surface area contributed by atoms with Gasteiger partial charge < -0.3 is 20.5 Å². The van der Waals surface area contributed by atoms with Gasteiger partial charge in [-0.1, -0.05) is 30.3 Å². The maximum Gasteiger partial charge on any atom is 0.333 e. The van der Waals surface area contributed by atoms with Crippen LogP contribution in [-0.2, 0) is 28.7 Å². The number of β-lactam (4-membered cyclic amide) rings is 1. The van der Waals surface area contributed by atoms with Gasteiger partial charge in [0.05, 0.1) is 6.42 Å². The summed E-state index contributed by atoms with van der Waals surface area (Å²) in [5.41, 5.74) is 6.71. The highest BCUT2D eigenvalue weighted by Crippen LogP contribution is 2.57. The van der Waals surface area contributed by atoms with Gasteiger partial charge in [-0.15, -0.1) is 11.8 Å². The number of carbonyl (C=O) groups is 4. The van der Waals surface area contributed by atoms with Crippen molar-refractivity contribution in [3.63, 3.8) is 0 Å². The number of amides is 2. The van der Waals surface area contributed by atoms with Crippen LogP contribution in [-0.4, -0.2) is 51.2 Å². The van der Waals surface area contributed by atoms with Gasteiger partial charge in [0.15, 0.2) is 4.99 Å². The first-order valence-corrected chi connectivity index (χ1v) is 9.84. The second-order valence-electron chi connectivity index (χ2n) is 7.43. The molecule has 3 atom stereocenters. The molecule has 3 N–H and O–H groups in total. The van der Waals surface area contributed by atoms with Crippen molar-refractivity contribution in [2.24, 2.45) is 5.73 Å². The molecule has 0 radical (unpaired) electrons. The lowest BCUT2D eigenvalue weighted by molar-refractivity contribution is -0.179. The minimum atomic E-state index is -1.07. The zero-order valence-electron chi connectivity index (χ0n) is 16.3. The number of hydrogen-bond donors (Lipinski definition) is 2. The van der Waals surface area contributed by atoms with Gasteiger partial charge in [-0.3, -0.25) is 19.3 Å². The smallest absolute Gasteiger partial charge is 0.333 e. The molecule has 0 unspecified atom stereocenters. The largest absolute Gasteiger partial charge is 0.428 e. The summed E-state index contributed by atoms with van der Waals surface area (Å²) in [4.78, 5) is 48.8. The van der Waals surface area contributed by atoms with E-state index in [0.29, 0.717) is 5.56 Å². The minimum Gasteiger partial charge on any atom is -0.428 e. The maximum atomic E-state index is 12.8. The first kappa shape index (κ1) is 21.1. The molecule has 29 heavy (non-hydrogen) atoms. The van der Waals surface area contributed by atoms with Crippen LogP contribution in [0.3, 0.4) is 0 Å². The first-order valence-electron chi connectivity index (χ1n) is 9.02. The summed E-state index contributed by atoms with van der Waals surface area (Å²) in [5, 5.41) is 2.85. The molecule has 2 aliphatic heterocycles. The van der Waals surface area contributed by atoms with Crippen molar-refractivity contribution in [1.29, 1.82) is 0 Å². The molecule has 10 heteroatoms. The van der Waals surface area contributed by atoms with Gasteiger partial charge in [-0.2, -0.15) is 0 Å². The summed E-state index contributed by atoms with van der Waals surface area (Å²) in [7, 11) is 0. The van der Waals surface area contributed by atoms with Crippen molar-refractivity contribution in [2.45, 2.75) is 49.0 Å². The number of nitrogens with zero attached hydrogens (tertiary/aromatic N) is 1. The van der Waals surface area contributed by atoms with E-state index < -0.39 is 46.5 Å². The van der Waals surface area contributed by atoms with Gasteiger partial charge in [0.25, 0.3) is 0 Å². The number of benzene rings is 1. The highest BCUT2D eigenvalue weighted by Gasteiger charge is 2.68. The van der Waals surface area contributed by atoms with Crippen LogP contribution in [0.4, 0.5) is 0 Å². The normalized spacial score (nSPS) is 25.4. The fourth-order valence-corrected chi connectivity index (χ4v) is 5.41. The van der Waals surface area contributed by atoms with Gasteiger partial charge in [-0.05, 0) is 19.4 Å². The van der Waals surface area contributed by atoms with E-state index in [1.54, 1.807) is 38.1 Å². The molecule has 2 saturated heterocycles. The number of carbonyl (C=O) groups excluding carboxylic acids is 4. The van der Waals surface area contributed by atoms with Crippen LogP contribution in [0.5, 0.6) is 0 Å². The lowest BCUT2D eigenvalue weighted by atomic mass is 9.96. The Morgan fingerprint density at radius 3 is 2.52 bits per heavy atom. The summed E-state index contributed by atoms with van der Waals surface area (Å²) < 4.78 is 8.91. The molecule has 1 aromatic rings. The molecule has 0 aromatic heterocycles. The number of nitrogens with one attached hydrogen (secondary N) is 1. The van der Waals surface area contributed by atoms with Gasteiger partial charge in [0, 0.05) is 11.7 Å². The quantitative estimate of drug-likeness (QED) is 0.389. The Labute approximate surface area is 172 Å². The third kappa shape index (κ3) is 3.95. The molecule has 2 fully saturated rings. The number of rotatable bonds is 6. The maximum absolute atomic E-state index is 12.8. The number of ether oxygens (including phenoxy) is 2. The zero-order valence-corrected chi connectivity index (χ0v) is 17.2. The van der Waals surface area contributed by atoms with Crippen molar-refractivity contribution >= 4 is 35.5 Å². The van der Waals surface area contributed by atoms with E-state index in [1.807, 2.05) is 6.07 Å². The lowest BCUT2D eigenvalue weighted by Crippen LogP contribution is -2.71. The summed E-state index contributed by atoms with van der Waals surface area (Å²) in [6, 6.07) is 7.00. The Bertz CT molecular complexity index is 846. The van der Waals surface area contributed by atoms with Gasteiger partial charge in [0.2, 0.25) is 18.6 Å². The predicted octanol–water partition coefficient (Wildman–Crippen LogP) is 0.647. The van der Waals surface area contributed by atoms with Crippen molar-refractivity contribution in [3.8, 4) is 0 Å². The van der Waals surface area contributed by atoms with Crippen LogP contribution >= 0.6 is 11.8 Å².